The lowest BCUT2D eigenvalue weighted by Gasteiger charge is -2.24. The van der Waals surface area contributed by atoms with Gasteiger partial charge in [-0.25, -0.2) is 0 Å². The number of hydrogen-bond acceptors (Lipinski definition) is 3. The van der Waals surface area contributed by atoms with E-state index in [-0.39, 0.29) is 12.6 Å². The van der Waals surface area contributed by atoms with Crippen molar-refractivity contribution in [3.8, 4) is 0 Å². The van der Waals surface area contributed by atoms with E-state index in [0.717, 1.165) is 35.2 Å². The molecule has 1 aromatic carbocycles. The first kappa shape index (κ1) is 14.5. The monoisotopic (exact) mass is 300 g/mol. The fraction of sp³-hybridized carbons (Fsp3) is 0.538. The third kappa shape index (κ3) is 3.98. The number of aliphatic hydroxyl groups excluding tert-OH is 1. The quantitative estimate of drug-likeness (QED) is 0.849. The van der Waals surface area contributed by atoms with Gasteiger partial charge in [0.25, 0.3) is 0 Å². The van der Waals surface area contributed by atoms with Gasteiger partial charge in [-0.05, 0) is 38.0 Å². The van der Waals surface area contributed by atoms with Crippen LogP contribution in [0.4, 0.5) is 5.69 Å². The number of hydrogen-bond donors (Lipinski definition) is 2. The van der Waals surface area contributed by atoms with Crippen molar-refractivity contribution >= 4 is 21.6 Å². The Bertz CT molecular complexity index is 355. The van der Waals surface area contributed by atoms with Crippen molar-refractivity contribution in [2.75, 3.05) is 24.6 Å². The molecule has 0 aliphatic carbocycles. The zero-order chi connectivity index (χ0) is 12.8. The Hall–Kier alpha value is -0.580. The molecule has 0 aromatic heterocycles. The number of halogens is 1. The van der Waals surface area contributed by atoms with Crippen molar-refractivity contribution < 1.29 is 5.11 Å². The van der Waals surface area contributed by atoms with Gasteiger partial charge in [-0.3, -0.25) is 0 Å². The van der Waals surface area contributed by atoms with Gasteiger partial charge in [0.15, 0.2) is 0 Å². The second kappa shape index (κ2) is 6.99. The van der Waals surface area contributed by atoms with Gasteiger partial charge in [-0.1, -0.05) is 22.0 Å². The van der Waals surface area contributed by atoms with E-state index >= 15 is 0 Å². The maximum Gasteiger partial charge on any atom is 0.0447 e. The Balaban J connectivity index is 2.86. The van der Waals surface area contributed by atoms with E-state index in [9.17, 15) is 0 Å². The van der Waals surface area contributed by atoms with Crippen molar-refractivity contribution in [1.82, 2.24) is 0 Å². The minimum atomic E-state index is 0.0333. The second-order valence-corrected chi connectivity index (χ2v) is 5.01. The Kier molecular flexibility index (Phi) is 5.95. The summed E-state index contributed by atoms with van der Waals surface area (Å²) in [5, 5.41) is 8.88. The van der Waals surface area contributed by atoms with Crippen LogP contribution < -0.4 is 10.6 Å². The first-order valence-corrected chi connectivity index (χ1v) is 6.80. The van der Waals surface area contributed by atoms with E-state index in [1.165, 1.54) is 0 Å². The molecule has 1 atom stereocenters. The highest BCUT2D eigenvalue weighted by Gasteiger charge is 2.09. The van der Waals surface area contributed by atoms with E-state index in [1.807, 2.05) is 6.92 Å². The fourth-order valence-corrected chi connectivity index (χ4v) is 2.54. The summed E-state index contributed by atoms with van der Waals surface area (Å²) in [7, 11) is 0. The molecule has 0 spiro atoms. The van der Waals surface area contributed by atoms with Crippen LogP contribution in [0, 0.1) is 0 Å². The predicted molar refractivity (Wildman–Crippen MR) is 76.3 cm³/mol. The maximum atomic E-state index is 8.88. The molecule has 1 rings (SSSR count). The van der Waals surface area contributed by atoms with Crippen LogP contribution in [0.3, 0.4) is 0 Å². The number of nitrogens with two attached hydrogens (primary N) is 1. The molecule has 0 heterocycles. The zero-order valence-corrected chi connectivity index (χ0v) is 12.1. The summed E-state index contributed by atoms with van der Waals surface area (Å²) in [6.45, 7) is 6.13. The standard InChI is InChI=1S/C13H21BrN2O/c1-3-16(7-4-8-17)11-5-6-12(10(2)15)13(14)9-11/h5-6,9-10,17H,3-4,7-8,15H2,1-2H3. The van der Waals surface area contributed by atoms with Gasteiger partial charge in [-0.2, -0.15) is 0 Å². The van der Waals surface area contributed by atoms with Crippen molar-refractivity contribution in [3.63, 3.8) is 0 Å². The minimum Gasteiger partial charge on any atom is -0.396 e. The van der Waals surface area contributed by atoms with Crippen molar-refractivity contribution in [2.24, 2.45) is 5.73 Å². The average molecular weight is 301 g/mol. The first-order valence-electron chi connectivity index (χ1n) is 6.01. The van der Waals surface area contributed by atoms with Gasteiger partial charge in [0.05, 0.1) is 0 Å². The molecule has 96 valence electrons. The summed E-state index contributed by atoms with van der Waals surface area (Å²) in [5.41, 5.74) is 8.16. The summed E-state index contributed by atoms with van der Waals surface area (Å²) < 4.78 is 1.05. The number of rotatable bonds is 6. The molecular weight excluding hydrogens is 280 g/mol. The summed E-state index contributed by atoms with van der Waals surface area (Å²) in [6.07, 6.45) is 0.792. The smallest absolute Gasteiger partial charge is 0.0447 e. The van der Waals surface area contributed by atoms with E-state index in [4.69, 9.17) is 10.8 Å². The SMILES string of the molecule is CCN(CCCO)c1ccc(C(C)N)c(Br)c1. The highest BCUT2D eigenvalue weighted by atomic mass is 79.9. The highest BCUT2D eigenvalue weighted by Crippen LogP contribution is 2.27. The van der Waals surface area contributed by atoms with E-state index in [2.05, 4.69) is 46.0 Å². The van der Waals surface area contributed by atoms with E-state index in [0.29, 0.717) is 0 Å². The third-order valence-corrected chi connectivity index (χ3v) is 3.49. The number of benzene rings is 1. The first-order chi connectivity index (χ1) is 8.10. The summed E-state index contributed by atoms with van der Waals surface area (Å²) in [5.74, 6) is 0. The number of anilines is 1. The van der Waals surface area contributed by atoms with Crippen LogP contribution in [-0.2, 0) is 0 Å². The minimum absolute atomic E-state index is 0.0333. The predicted octanol–water partition coefficient (Wildman–Crippen LogP) is 2.68. The van der Waals surface area contributed by atoms with Crippen LogP contribution in [0.25, 0.3) is 0 Å². The molecule has 0 saturated heterocycles. The second-order valence-electron chi connectivity index (χ2n) is 4.15. The topological polar surface area (TPSA) is 49.5 Å². The van der Waals surface area contributed by atoms with Crippen LogP contribution in [-0.4, -0.2) is 24.8 Å². The maximum absolute atomic E-state index is 8.88. The summed E-state index contributed by atoms with van der Waals surface area (Å²) >= 11 is 3.56. The lowest BCUT2D eigenvalue weighted by atomic mass is 10.1. The molecule has 0 aliphatic rings. The zero-order valence-electron chi connectivity index (χ0n) is 10.5. The number of nitrogens with zero attached hydrogens (tertiary/aromatic N) is 1. The molecule has 0 amide bonds. The largest absolute Gasteiger partial charge is 0.396 e. The van der Waals surface area contributed by atoms with Crippen molar-refractivity contribution in [3.05, 3.63) is 28.2 Å². The molecule has 0 bridgehead atoms. The Morgan fingerprint density at radius 1 is 1.47 bits per heavy atom. The molecule has 0 fully saturated rings. The third-order valence-electron chi connectivity index (χ3n) is 2.81. The van der Waals surface area contributed by atoms with Crippen LogP contribution in [0.2, 0.25) is 0 Å². The molecule has 4 heteroatoms. The molecule has 3 nitrogen and oxygen atoms in total. The Morgan fingerprint density at radius 3 is 2.65 bits per heavy atom. The Labute approximate surface area is 112 Å². The van der Waals surface area contributed by atoms with Gasteiger partial charge in [-0.15, -0.1) is 0 Å². The normalized spacial score (nSPS) is 12.5. The van der Waals surface area contributed by atoms with Gasteiger partial charge in [0.2, 0.25) is 0 Å². The lowest BCUT2D eigenvalue weighted by Crippen LogP contribution is -2.24. The van der Waals surface area contributed by atoms with Crippen LogP contribution in [0.5, 0.6) is 0 Å². The van der Waals surface area contributed by atoms with Crippen LogP contribution >= 0.6 is 15.9 Å². The summed E-state index contributed by atoms with van der Waals surface area (Å²) in [6, 6.07) is 6.28. The molecule has 0 aliphatic heterocycles. The molecule has 0 radical (unpaired) electrons. The molecule has 17 heavy (non-hydrogen) atoms. The molecule has 3 N–H and O–H groups in total. The average Bonchev–Trinajstić information content (AvgIpc) is 2.29. The van der Waals surface area contributed by atoms with Crippen molar-refractivity contribution in [2.45, 2.75) is 26.3 Å². The van der Waals surface area contributed by atoms with Gasteiger partial charge >= 0.3 is 0 Å². The van der Waals surface area contributed by atoms with Crippen LogP contribution in [0.15, 0.2) is 22.7 Å². The van der Waals surface area contributed by atoms with Gasteiger partial charge in [0, 0.05) is 35.9 Å². The highest BCUT2D eigenvalue weighted by molar-refractivity contribution is 9.10. The Morgan fingerprint density at radius 2 is 2.18 bits per heavy atom. The van der Waals surface area contributed by atoms with Crippen molar-refractivity contribution in [1.29, 1.82) is 0 Å². The lowest BCUT2D eigenvalue weighted by molar-refractivity contribution is 0.289. The van der Waals surface area contributed by atoms with E-state index < -0.39 is 0 Å². The molecule has 1 unspecified atom stereocenters. The van der Waals surface area contributed by atoms with E-state index in [1.54, 1.807) is 0 Å². The molecule has 0 saturated carbocycles. The van der Waals surface area contributed by atoms with Crippen LogP contribution in [0.1, 0.15) is 31.9 Å². The number of aliphatic hydroxyl groups is 1. The molecular formula is C13H21BrN2O. The van der Waals surface area contributed by atoms with Gasteiger partial charge in [0.1, 0.15) is 0 Å². The molecule has 1 aromatic rings. The summed E-state index contributed by atoms with van der Waals surface area (Å²) in [4.78, 5) is 2.24. The van der Waals surface area contributed by atoms with Gasteiger partial charge < -0.3 is 15.7 Å². The fourth-order valence-electron chi connectivity index (χ4n) is 1.81.